The average Bonchev–Trinajstić information content (AvgIpc) is 2.61. The number of hydrogen-bond donors (Lipinski definition) is 2. The summed E-state index contributed by atoms with van der Waals surface area (Å²) in [7, 11) is 1.65. The van der Waals surface area contributed by atoms with Crippen molar-refractivity contribution in [2.24, 2.45) is 0 Å². The van der Waals surface area contributed by atoms with Crippen LogP contribution >= 0.6 is 0 Å². The van der Waals surface area contributed by atoms with Crippen LogP contribution in [0.25, 0.3) is 0 Å². The highest BCUT2D eigenvalue weighted by Gasteiger charge is 2.06. The molecule has 0 saturated heterocycles. The molecule has 2 rings (SSSR count). The second kappa shape index (κ2) is 9.45. The molecular formula is C19H24N2O3. The van der Waals surface area contributed by atoms with Crippen LogP contribution in [0.3, 0.4) is 0 Å². The number of para-hydroxylation sites is 3. The van der Waals surface area contributed by atoms with E-state index in [4.69, 9.17) is 9.47 Å². The first-order valence-electron chi connectivity index (χ1n) is 8.09. The van der Waals surface area contributed by atoms with E-state index in [0.29, 0.717) is 13.2 Å². The van der Waals surface area contributed by atoms with Gasteiger partial charge in [0.2, 0.25) is 5.91 Å². The average molecular weight is 328 g/mol. The van der Waals surface area contributed by atoms with Crippen LogP contribution in [-0.4, -0.2) is 32.7 Å². The van der Waals surface area contributed by atoms with Gasteiger partial charge in [-0.1, -0.05) is 30.3 Å². The summed E-state index contributed by atoms with van der Waals surface area (Å²) in [6.45, 7) is 3.29. The largest absolute Gasteiger partial charge is 0.496 e. The molecular weight excluding hydrogens is 304 g/mol. The van der Waals surface area contributed by atoms with E-state index in [1.807, 2.05) is 55.5 Å². The lowest BCUT2D eigenvalue weighted by molar-refractivity contribution is -0.119. The van der Waals surface area contributed by atoms with Gasteiger partial charge in [0.05, 0.1) is 25.9 Å². The third kappa shape index (κ3) is 5.19. The maximum atomic E-state index is 12.0. The summed E-state index contributed by atoms with van der Waals surface area (Å²) >= 11 is 0. The van der Waals surface area contributed by atoms with Gasteiger partial charge in [-0.15, -0.1) is 0 Å². The Bertz CT molecular complexity index is 659. The Hall–Kier alpha value is -2.69. The molecule has 128 valence electrons. The first kappa shape index (κ1) is 17.7. The number of nitrogens with one attached hydrogen (secondary N) is 2. The molecule has 2 aromatic carbocycles. The summed E-state index contributed by atoms with van der Waals surface area (Å²) in [5, 5.41) is 6.01. The minimum absolute atomic E-state index is 0.0591. The van der Waals surface area contributed by atoms with Crippen molar-refractivity contribution >= 4 is 11.6 Å². The number of anilines is 1. The van der Waals surface area contributed by atoms with E-state index in [9.17, 15) is 4.79 Å². The van der Waals surface area contributed by atoms with Crippen LogP contribution < -0.4 is 20.1 Å². The number of methoxy groups -OCH3 is 1. The monoisotopic (exact) mass is 328 g/mol. The van der Waals surface area contributed by atoms with Crippen LogP contribution in [0.15, 0.2) is 48.5 Å². The van der Waals surface area contributed by atoms with Gasteiger partial charge in [-0.25, -0.2) is 0 Å². The van der Waals surface area contributed by atoms with E-state index in [1.54, 1.807) is 7.11 Å². The Morgan fingerprint density at radius 1 is 1.04 bits per heavy atom. The normalized spacial score (nSPS) is 10.1. The number of carbonyl (C=O) groups excluding carboxylic acids is 1. The Morgan fingerprint density at radius 3 is 2.50 bits per heavy atom. The third-order valence-electron chi connectivity index (χ3n) is 3.54. The van der Waals surface area contributed by atoms with Crippen LogP contribution in [0.2, 0.25) is 0 Å². The van der Waals surface area contributed by atoms with Crippen LogP contribution in [0.1, 0.15) is 12.5 Å². The number of rotatable bonds is 9. The van der Waals surface area contributed by atoms with Crippen molar-refractivity contribution in [2.45, 2.75) is 13.3 Å². The van der Waals surface area contributed by atoms with Gasteiger partial charge in [-0.05, 0) is 37.1 Å². The van der Waals surface area contributed by atoms with Crippen molar-refractivity contribution in [3.05, 3.63) is 54.1 Å². The van der Waals surface area contributed by atoms with Crippen molar-refractivity contribution in [2.75, 3.05) is 32.1 Å². The van der Waals surface area contributed by atoms with E-state index in [2.05, 4.69) is 10.6 Å². The number of ether oxygens (including phenoxy) is 2. The van der Waals surface area contributed by atoms with Gasteiger partial charge in [-0.3, -0.25) is 4.79 Å². The third-order valence-corrected chi connectivity index (χ3v) is 3.54. The predicted molar refractivity (Wildman–Crippen MR) is 95.8 cm³/mol. The molecule has 5 heteroatoms. The first-order chi connectivity index (χ1) is 11.7. The Labute approximate surface area is 143 Å². The summed E-state index contributed by atoms with van der Waals surface area (Å²) in [5.74, 6) is 1.54. The van der Waals surface area contributed by atoms with E-state index >= 15 is 0 Å². The van der Waals surface area contributed by atoms with Crippen LogP contribution in [-0.2, 0) is 11.2 Å². The lowest BCUT2D eigenvalue weighted by Crippen LogP contribution is -2.31. The predicted octanol–water partition coefficient (Wildman–Crippen LogP) is 2.86. The molecule has 0 bridgehead atoms. The van der Waals surface area contributed by atoms with Crippen molar-refractivity contribution in [3.63, 3.8) is 0 Å². The SMILES string of the molecule is CCOc1ccccc1NCC(=O)NCCc1ccccc1OC. The second-order valence-electron chi connectivity index (χ2n) is 5.19. The van der Waals surface area contributed by atoms with Gasteiger partial charge in [0.1, 0.15) is 11.5 Å². The van der Waals surface area contributed by atoms with Gasteiger partial charge in [-0.2, -0.15) is 0 Å². The molecule has 0 spiro atoms. The van der Waals surface area contributed by atoms with Crippen LogP contribution in [0.4, 0.5) is 5.69 Å². The molecule has 0 aliphatic rings. The lowest BCUT2D eigenvalue weighted by Gasteiger charge is -2.12. The smallest absolute Gasteiger partial charge is 0.239 e. The number of hydrogen-bond acceptors (Lipinski definition) is 4. The Morgan fingerprint density at radius 2 is 1.75 bits per heavy atom. The van der Waals surface area contributed by atoms with Crippen LogP contribution in [0, 0.1) is 0 Å². The number of carbonyl (C=O) groups is 1. The molecule has 0 fully saturated rings. The molecule has 0 radical (unpaired) electrons. The summed E-state index contributed by atoms with van der Waals surface area (Å²) in [5.41, 5.74) is 1.90. The molecule has 5 nitrogen and oxygen atoms in total. The van der Waals surface area contributed by atoms with Gasteiger partial charge < -0.3 is 20.1 Å². The van der Waals surface area contributed by atoms with E-state index < -0.39 is 0 Å². The fourth-order valence-electron chi connectivity index (χ4n) is 2.38. The summed E-state index contributed by atoms with van der Waals surface area (Å²) in [6.07, 6.45) is 0.727. The van der Waals surface area contributed by atoms with Crippen molar-refractivity contribution in [1.82, 2.24) is 5.32 Å². The molecule has 0 atom stereocenters. The lowest BCUT2D eigenvalue weighted by atomic mass is 10.1. The molecule has 2 N–H and O–H groups in total. The topological polar surface area (TPSA) is 59.6 Å². The van der Waals surface area contributed by atoms with Crippen molar-refractivity contribution < 1.29 is 14.3 Å². The molecule has 1 amide bonds. The van der Waals surface area contributed by atoms with E-state index in [-0.39, 0.29) is 12.5 Å². The zero-order chi connectivity index (χ0) is 17.2. The second-order valence-corrected chi connectivity index (χ2v) is 5.19. The first-order valence-corrected chi connectivity index (χ1v) is 8.09. The highest BCUT2D eigenvalue weighted by atomic mass is 16.5. The van der Waals surface area contributed by atoms with Crippen LogP contribution in [0.5, 0.6) is 11.5 Å². The van der Waals surface area contributed by atoms with Gasteiger partial charge >= 0.3 is 0 Å². The van der Waals surface area contributed by atoms with E-state index in [0.717, 1.165) is 29.2 Å². The summed E-state index contributed by atoms with van der Waals surface area (Å²) < 4.78 is 10.8. The number of amides is 1. The molecule has 0 aromatic heterocycles. The summed E-state index contributed by atoms with van der Waals surface area (Å²) in [4.78, 5) is 12.0. The number of benzene rings is 2. The molecule has 24 heavy (non-hydrogen) atoms. The highest BCUT2D eigenvalue weighted by molar-refractivity contribution is 5.81. The Balaban J connectivity index is 1.78. The molecule has 0 heterocycles. The fourth-order valence-corrected chi connectivity index (χ4v) is 2.38. The Kier molecular flexibility index (Phi) is 6.95. The molecule has 0 aliphatic carbocycles. The van der Waals surface area contributed by atoms with E-state index in [1.165, 1.54) is 0 Å². The van der Waals surface area contributed by atoms with Crippen molar-refractivity contribution in [3.8, 4) is 11.5 Å². The quantitative estimate of drug-likeness (QED) is 0.743. The molecule has 2 aromatic rings. The molecule has 0 unspecified atom stereocenters. The maximum absolute atomic E-state index is 12.0. The highest BCUT2D eigenvalue weighted by Crippen LogP contribution is 2.23. The molecule has 0 saturated carbocycles. The summed E-state index contributed by atoms with van der Waals surface area (Å²) in [6, 6.07) is 15.4. The van der Waals surface area contributed by atoms with Crippen molar-refractivity contribution in [1.29, 1.82) is 0 Å². The van der Waals surface area contributed by atoms with Gasteiger partial charge in [0, 0.05) is 6.54 Å². The minimum Gasteiger partial charge on any atom is -0.496 e. The maximum Gasteiger partial charge on any atom is 0.239 e. The fraction of sp³-hybridized carbons (Fsp3) is 0.316. The zero-order valence-corrected chi connectivity index (χ0v) is 14.2. The zero-order valence-electron chi connectivity index (χ0n) is 14.2. The standard InChI is InChI=1S/C19H24N2O3/c1-3-24-18-11-7-5-9-16(18)21-14-19(22)20-13-12-15-8-4-6-10-17(15)23-2/h4-11,21H,3,12-14H2,1-2H3,(H,20,22). The minimum atomic E-state index is -0.0591. The van der Waals surface area contributed by atoms with Gasteiger partial charge in [0.25, 0.3) is 0 Å². The van der Waals surface area contributed by atoms with Gasteiger partial charge in [0.15, 0.2) is 0 Å². The molecule has 0 aliphatic heterocycles.